The van der Waals surface area contributed by atoms with Gasteiger partial charge in [-0.25, -0.2) is 0 Å². The van der Waals surface area contributed by atoms with Crippen LogP contribution >= 0.6 is 0 Å². The SMILES string of the molecule is CCCCN(C)c1ccnc(C(=O)Nc2ccc(NC(=O)[C@@H]3CCCO3)cc2)c1. The Morgan fingerprint density at radius 3 is 2.55 bits per heavy atom. The first-order chi connectivity index (χ1) is 14.1. The molecule has 2 N–H and O–H groups in total. The van der Waals surface area contributed by atoms with Crippen LogP contribution in [0, 0.1) is 0 Å². The summed E-state index contributed by atoms with van der Waals surface area (Å²) >= 11 is 0. The van der Waals surface area contributed by atoms with Gasteiger partial charge in [0.2, 0.25) is 0 Å². The van der Waals surface area contributed by atoms with E-state index in [2.05, 4.69) is 27.4 Å². The number of pyridine rings is 1. The standard InChI is InChI=1S/C22H28N4O3/c1-3-4-13-26(2)18-11-12-23-19(15-18)21(27)24-16-7-9-17(10-8-16)25-22(28)20-6-5-14-29-20/h7-12,15,20H,3-6,13-14H2,1-2H3,(H,24,27)(H,25,28)/t20-/m0/s1. The lowest BCUT2D eigenvalue weighted by molar-refractivity contribution is -0.124. The Labute approximate surface area is 171 Å². The van der Waals surface area contributed by atoms with Crippen molar-refractivity contribution in [3.63, 3.8) is 0 Å². The van der Waals surface area contributed by atoms with Crippen LogP contribution in [0.2, 0.25) is 0 Å². The average Bonchev–Trinajstić information content (AvgIpc) is 3.28. The molecule has 1 aromatic carbocycles. The highest BCUT2D eigenvalue weighted by Crippen LogP contribution is 2.19. The van der Waals surface area contributed by atoms with Crippen molar-refractivity contribution in [2.75, 3.05) is 35.7 Å². The molecule has 1 aliphatic heterocycles. The number of benzene rings is 1. The second-order valence-corrected chi connectivity index (χ2v) is 7.20. The van der Waals surface area contributed by atoms with E-state index in [9.17, 15) is 9.59 Å². The number of nitrogens with zero attached hydrogens (tertiary/aromatic N) is 2. The van der Waals surface area contributed by atoms with Gasteiger partial charge in [0.1, 0.15) is 11.8 Å². The average molecular weight is 396 g/mol. The molecule has 0 bridgehead atoms. The molecule has 0 radical (unpaired) electrons. The Morgan fingerprint density at radius 2 is 1.90 bits per heavy atom. The minimum Gasteiger partial charge on any atom is -0.374 e. The summed E-state index contributed by atoms with van der Waals surface area (Å²) in [4.78, 5) is 31.0. The van der Waals surface area contributed by atoms with Gasteiger partial charge in [-0.15, -0.1) is 0 Å². The number of rotatable bonds is 8. The lowest BCUT2D eigenvalue weighted by Gasteiger charge is -2.19. The maximum absolute atomic E-state index is 12.6. The fraction of sp³-hybridized carbons (Fsp3) is 0.409. The van der Waals surface area contributed by atoms with Crippen LogP contribution in [0.3, 0.4) is 0 Å². The minimum atomic E-state index is -0.372. The first kappa shape index (κ1) is 20.8. The largest absolute Gasteiger partial charge is 0.374 e. The molecule has 1 aromatic heterocycles. The Bertz CT molecular complexity index is 832. The molecular weight excluding hydrogens is 368 g/mol. The van der Waals surface area contributed by atoms with Crippen LogP contribution in [0.15, 0.2) is 42.6 Å². The summed E-state index contributed by atoms with van der Waals surface area (Å²) in [5, 5.41) is 5.68. The van der Waals surface area contributed by atoms with E-state index < -0.39 is 0 Å². The van der Waals surface area contributed by atoms with Crippen LogP contribution in [0.1, 0.15) is 43.1 Å². The van der Waals surface area contributed by atoms with E-state index >= 15 is 0 Å². The molecule has 1 saturated heterocycles. The molecule has 1 atom stereocenters. The number of ether oxygens (including phenoxy) is 1. The molecule has 7 heteroatoms. The minimum absolute atomic E-state index is 0.132. The first-order valence-electron chi connectivity index (χ1n) is 10.1. The number of anilines is 3. The number of aromatic nitrogens is 1. The molecule has 154 valence electrons. The molecule has 0 aliphatic carbocycles. The van der Waals surface area contributed by atoms with E-state index in [1.54, 1.807) is 36.5 Å². The summed E-state index contributed by atoms with van der Waals surface area (Å²) in [5.41, 5.74) is 2.63. The van der Waals surface area contributed by atoms with Crippen molar-refractivity contribution >= 4 is 28.9 Å². The molecule has 0 saturated carbocycles. The lowest BCUT2D eigenvalue weighted by Crippen LogP contribution is -2.26. The zero-order valence-corrected chi connectivity index (χ0v) is 17.0. The number of hydrogen-bond donors (Lipinski definition) is 2. The molecule has 2 heterocycles. The van der Waals surface area contributed by atoms with Crippen molar-refractivity contribution in [2.45, 2.75) is 38.7 Å². The van der Waals surface area contributed by atoms with E-state index in [4.69, 9.17) is 4.74 Å². The van der Waals surface area contributed by atoms with Gasteiger partial charge in [0.25, 0.3) is 11.8 Å². The van der Waals surface area contributed by atoms with Gasteiger partial charge in [-0.1, -0.05) is 13.3 Å². The summed E-state index contributed by atoms with van der Waals surface area (Å²) in [5.74, 6) is -0.403. The van der Waals surface area contributed by atoms with E-state index in [-0.39, 0.29) is 17.9 Å². The summed E-state index contributed by atoms with van der Waals surface area (Å²) in [6.07, 6.45) is 5.15. The number of amides is 2. The van der Waals surface area contributed by atoms with E-state index in [0.717, 1.165) is 37.9 Å². The third-order valence-corrected chi connectivity index (χ3v) is 4.90. The summed E-state index contributed by atoms with van der Waals surface area (Å²) in [7, 11) is 2.01. The third kappa shape index (κ3) is 5.77. The molecule has 1 fully saturated rings. The van der Waals surface area contributed by atoms with Gasteiger partial charge in [-0.05, 0) is 55.7 Å². The molecule has 7 nitrogen and oxygen atoms in total. The van der Waals surface area contributed by atoms with Crippen LogP contribution in [-0.4, -0.2) is 43.1 Å². The predicted molar refractivity (Wildman–Crippen MR) is 114 cm³/mol. The molecule has 0 unspecified atom stereocenters. The van der Waals surface area contributed by atoms with Gasteiger partial charge in [0.05, 0.1) is 0 Å². The zero-order chi connectivity index (χ0) is 20.6. The Balaban J connectivity index is 1.58. The Morgan fingerprint density at radius 1 is 1.17 bits per heavy atom. The van der Waals surface area contributed by atoms with E-state index in [1.165, 1.54) is 0 Å². The highest BCUT2D eigenvalue weighted by molar-refractivity contribution is 6.03. The van der Waals surface area contributed by atoms with Crippen LogP contribution < -0.4 is 15.5 Å². The quantitative estimate of drug-likeness (QED) is 0.711. The zero-order valence-electron chi connectivity index (χ0n) is 17.0. The Kier molecular flexibility index (Phi) is 7.19. The van der Waals surface area contributed by atoms with Gasteiger partial charge in [0, 0.05) is 43.5 Å². The van der Waals surface area contributed by atoms with Crippen LogP contribution in [0.25, 0.3) is 0 Å². The molecule has 29 heavy (non-hydrogen) atoms. The van der Waals surface area contributed by atoms with E-state index in [0.29, 0.717) is 23.7 Å². The molecular formula is C22H28N4O3. The fourth-order valence-corrected chi connectivity index (χ4v) is 3.14. The Hall–Kier alpha value is -2.93. The topological polar surface area (TPSA) is 83.6 Å². The number of nitrogens with one attached hydrogen (secondary N) is 2. The summed E-state index contributed by atoms with van der Waals surface area (Å²) < 4.78 is 5.38. The number of carbonyl (C=O) groups excluding carboxylic acids is 2. The van der Waals surface area contributed by atoms with Crippen molar-refractivity contribution in [3.05, 3.63) is 48.3 Å². The van der Waals surface area contributed by atoms with E-state index in [1.807, 2.05) is 13.1 Å². The van der Waals surface area contributed by atoms with Crippen molar-refractivity contribution in [1.29, 1.82) is 0 Å². The molecule has 2 amide bonds. The van der Waals surface area contributed by atoms with Crippen molar-refractivity contribution < 1.29 is 14.3 Å². The van der Waals surface area contributed by atoms with Gasteiger partial charge in [-0.2, -0.15) is 0 Å². The van der Waals surface area contributed by atoms with Crippen molar-refractivity contribution in [1.82, 2.24) is 4.98 Å². The highest BCUT2D eigenvalue weighted by Gasteiger charge is 2.23. The maximum atomic E-state index is 12.6. The van der Waals surface area contributed by atoms with Crippen molar-refractivity contribution in [3.8, 4) is 0 Å². The fourth-order valence-electron chi connectivity index (χ4n) is 3.14. The second-order valence-electron chi connectivity index (χ2n) is 7.20. The first-order valence-corrected chi connectivity index (χ1v) is 10.1. The second kappa shape index (κ2) is 10.0. The lowest BCUT2D eigenvalue weighted by atomic mass is 10.2. The van der Waals surface area contributed by atoms with Gasteiger partial charge >= 0.3 is 0 Å². The normalized spacial score (nSPS) is 15.7. The monoisotopic (exact) mass is 396 g/mol. The smallest absolute Gasteiger partial charge is 0.274 e. The number of carbonyl (C=O) groups is 2. The number of unbranched alkanes of at least 4 members (excludes halogenated alkanes) is 1. The maximum Gasteiger partial charge on any atom is 0.274 e. The van der Waals surface area contributed by atoms with Gasteiger partial charge in [-0.3, -0.25) is 14.6 Å². The molecule has 2 aromatic rings. The van der Waals surface area contributed by atoms with Crippen LogP contribution in [0.4, 0.5) is 17.1 Å². The predicted octanol–water partition coefficient (Wildman–Crippen LogP) is 3.69. The van der Waals surface area contributed by atoms with Crippen LogP contribution in [0.5, 0.6) is 0 Å². The van der Waals surface area contributed by atoms with Crippen LogP contribution in [-0.2, 0) is 9.53 Å². The van der Waals surface area contributed by atoms with Gasteiger partial charge in [0.15, 0.2) is 0 Å². The van der Waals surface area contributed by atoms with Crippen molar-refractivity contribution in [2.24, 2.45) is 0 Å². The molecule has 0 spiro atoms. The summed E-state index contributed by atoms with van der Waals surface area (Å²) in [6, 6.07) is 10.7. The number of hydrogen-bond acceptors (Lipinski definition) is 5. The molecule has 3 rings (SSSR count). The van der Waals surface area contributed by atoms with Gasteiger partial charge < -0.3 is 20.3 Å². The molecule has 1 aliphatic rings. The third-order valence-electron chi connectivity index (χ3n) is 4.90. The highest BCUT2D eigenvalue weighted by atomic mass is 16.5. The summed E-state index contributed by atoms with van der Waals surface area (Å²) in [6.45, 7) is 3.71.